The molecule has 1 aromatic rings. The third-order valence-corrected chi connectivity index (χ3v) is 1.12. The van der Waals surface area contributed by atoms with Crippen LogP contribution >= 0.6 is 17.0 Å². The Morgan fingerprint density at radius 1 is 1.27 bits per heavy atom. The third kappa shape index (κ3) is 5.72. The summed E-state index contributed by atoms with van der Waals surface area (Å²) in [6.07, 6.45) is 0. The van der Waals surface area contributed by atoms with Crippen molar-refractivity contribution in [2.45, 2.75) is 6.92 Å². The van der Waals surface area contributed by atoms with Gasteiger partial charge in [0.25, 0.3) is 0 Å². The Bertz CT molecular complexity index is 184. The summed E-state index contributed by atoms with van der Waals surface area (Å²) >= 11 is -0.826. The molecule has 0 aromatic heterocycles. The molecule has 0 saturated carbocycles. The van der Waals surface area contributed by atoms with Crippen molar-refractivity contribution < 1.29 is 26.0 Å². The van der Waals surface area contributed by atoms with Gasteiger partial charge in [-0.3, -0.25) is 0 Å². The number of hydrogen-bond acceptors (Lipinski definition) is 1. The maximum atomic E-state index is 8.92. The van der Waals surface area contributed by atoms with E-state index in [0.717, 1.165) is 5.56 Å². The molecule has 0 spiro atoms. The number of para-hydroxylation sites is 1. The number of benzene rings is 1. The molecule has 0 bridgehead atoms. The SMILES string of the molecule is Cc1ccccc1O.[Cl][Zr][Cl]. The van der Waals surface area contributed by atoms with Gasteiger partial charge in [-0.05, 0) is 18.6 Å². The zero-order valence-corrected chi connectivity index (χ0v) is 9.98. The fourth-order valence-corrected chi connectivity index (χ4v) is 0.563. The van der Waals surface area contributed by atoms with Crippen LogP contribution < -0.4 is 0 Å². The van der Waals surface area contributed by atoms with Gasteiger partial charge < -0.3 is 5.11 Å². The number of aromatic hydroxyl groups is 1. The number of halogens is 2. The second-order valence-electron chi connectivity index (χ2n) is 1.86. The van der Waals surface area contributed by atoms with Crippen LogP contribution in [0.25, 0.3) is 0 Å². The molecule has 0 atom stereocenters. The predicted molar refractivity (Wildman–Crippen MR) is 44.5 cm³/mol. The Labute approximate surface area is 85.0 Å². The van der Waals surface area contributed by atoms with E-state index in [2.05, 4.69) is 0 Å². The van der Waals surface area contributed by atoms with Crippen LogP contribution in [0.15, 0.2) is 24.3 Å². The van der Waals surface area contributed by atoms with E-state index in [1.165, 1.54) is 0 Å². The van der Waals surface area contributed by atoms with Gasteiger partial charge in [0.15, 0.2) is 0 Å². The maximum absolute atomic E-state index is 8.92. The molecule has 0 unspecified atom stereocenters. The molecule has 11 heavy (non-hydrogen) atoms. The molecular weight excluding hydrogens is 262 g/mol. The second-order valence-corrected chi connectivity index (χ2v) is 5.59. The van der Waals surface area contributed by atoms with E-state index < -0.39 is 20.8 Å². The van der Waals surface area contributed by atoms with Crippen molar-refractivity contribution in [3.63, 3.8) is 0 Å². The number of hydrogen-bond donors (Lipinski definition) is 1. The summed E-state index contributed by atoms with van der Waals surface area (Å²) in [5.74, 6) is 0.368. The molecule has 0 heterocycles. The normalized spacial score (nSPS) is 7.91. The molecule has 60 valence electrons. The third-order valence-electron chi connectivity index (χ3n) is 1.12. The average Bonchev–Trinajstić information content (AvgIpc) is 1.97. The molecule has 0 fully saturated rings. The van der Waals surface area contributed by atoms with E-state index in [-0.39, 0.29) is 0 Å². The van der Waals surface area contributed by atoms with Crippen LogP contribution in [0.2, 0.25) is 0 Å². The monoisotopic (exact) mass is 268 g/mol. The van der Waals surface area contributed by atoms with Gasteiger partial charge in [-0.1, -0.05) is 18.2 Å². The first-order valence-electron chi connectivity index (χ1n) is 2.93. The summed E-state index contributed by atoms with van der Waals surface area (Å²) in [4.78, 5) is 0. The van der Waals surface area contributed by atoms with Crippen molar-refractivity contribution >= 4 is 17.0 Å². The van der Waals surface area contributed by atoms with E-state index in [1.54, 1.807) is 6.07 Å². The summed E-state index contributed by atoms with van der Waals surface area (Å²) in [5.41, 5.74) is 0.924. The molecule has 0 aliphatic carbocycles. The van der Waals surface area contributed by atoms with Crippen LogP contribution in [0.3, 0.4) is 0 Å². The van der Waals surface area contributed by atoms with Gasteiger partial charge >= 0.3 is 37.9 Å². The van der Waals surface area contributed by atoms with Crippen LogP contribution in [0.4, 0.5) is 0 Å². The van der Waals surface area contributed by atoms with E-state index in [0.29, 0.717) is 5.75 Å². The Morgan fingerprint density at radius 3 is 2.00 bits per heavy atom. The topological polar surface area (TPSA) is 20.2 Å². The number of aryl methyl sites for hydroxylation is 1. The summed E-state index contributed by atoms with van der Waals surface area (Å²) in [6, 6.07) is 7.25. The molecule has 1 rings (SSSR count). The summed E-state index contributed by atoms with van der Waals surface area (Å²) in [6.45, 7) is 1.87. The molecule has 1 N–H and O–H groups in total. The molecule has 0 radical (unpaired) electrons. The van der Waals surface area contributed by atoms with Crippen molar-refractivity contribution in [1.82, 2.24) is 0 Å². The van der Waals surface area contributed by atoms with Crippen molar-refractivity contribution in [3.05, 3.63) is 29.8 Å². The van der Waals surface area contributed by atoms with Gasteiger partial charge in [0.1, 0.15) is 5.75 Å². The molecule has 4 heteroatoms. The van der Waals surface area contributed by atoms with E-state index >= 15 is 0 Å². The number of rotatable bonds is 0. The van der Waals surface area contributed by atoms with Crippen molar-refractivity contribution in [2.75, 3.05) is 0 Å². The molecule has 0 saturated heterocycles. The van der Waals surface area contributed by atoms with Crippen molar-refractivity contribution in [3.8, 4) is 5.75 Å². The van der Waals surface area contributed by atoms with Gasteiger partial charge in [-0.25, -0.2) is 0 Å². The van der Waals surface area contributed by atoms with Crippen LogP contribution in [-0.4, -0.2) is 5.11 Å². The first-order valence-corrected chi connectivity index (χ1v) is 9.26. The molecule has 0 amide bonds. The molecule has 1 aromatic carbocycles. The number of phenols is 1. The van der Waals surface area contributed by atoms with Gasteiger partial charge in [-0.2, -0.15) is 0 Å². The van der Waals surface area contributed by atoms with Gasteiger partial charge in [0, 0.05) is 0 Å². The Kier molecular flexibility index (Phi) is 7.46. The first kappa shape index (κ1) is 11.5. The summed E-state index contributed by atoms with van der Waals surface area (Å²) in [7, 11) is 9.87. The van der Waals surface area contributed by atoms with Crippen molar-refractivity contribution in [2.24, 2.45) is 0 Å². The molecular formula is C7H8Cl2OZr. The standard InChI is InChI=1S/C7H8O.2ClH.Zr/c1-6-4-2-3-5-7(6)8;;;/h2-5,8H,1H3;2*1H;/q;;;+2/p-2. The molecule has 1 nitrogen and oxygen atoms in total. The van der Waals surface area contributed by atoms with E-state index in [9.17, 15) is 0 Å². The quantitative estimate of drug-likeness (QED) is 0.768. The Morgan fingerprint density at radius 2 is 1.73 bits per heavy atom. The molecule has 0 aliphatic rings. The minimum atomic E-state index is -0.826. The van der Waals surface area contributed by atoms with Crippen molar-refractivity contribution in [1.29, 1.82) is 0 Å². The average molecular weight is 270 g/mol. The van der Waals surface area contributed by atoms with Crippen LogP contribution in [-0.2, 0) is 20.8 Å². The van der Waals surface area contributed by atoms with Crippen LogP contribution in [0, 0.1) is 6.92 Å². The fraction of sp³-hybridized carbons (Fsp3) is 0.143. The number of phenolic OH excluding ortho intramolecular Hbond substituents is 1. The zero-order chi connectivity index (χ0) is 8.69. The summed E-state index contributed by atoms with van der Waals surface area (Å²) < 4.78 is 0. The van der Waals surface area contributed by atoms with E-state index in [1.807, 2.05) is 25.1 Å². The van der Waals surface area contributed by atoms with Gasteiger partial charge in [-0.15, -0.1) is 0 Å². The first-order chi connectivity index (χ1) is 5.22. The zero-order valence-electron chi connectivity index (χ0n) is 6.01. The Hall–Kier alpha value is 0.483. The predicted octanol–water partition coefficient (Wildman–Crippen LogP) is 3.08. The van der Waals surface area contributed by atoms with E-state index in [4.69, 9.17) is 22.1 Å². The Balaban J connectivity index is 0.000000292. The van der Waals surface area contributed by atoms with Gasteiger partial charge in [0.2, 0.25) is 0 Å². The van der Waals surface area contributed by atoms with Crippen LogP contribution in [0.1, 0.15) is 5.56 Å². The molecule has 0 aliphatic heterocycles. The minimum absolute atomic E-state index is 0.368. The summed E-state index contributed by atoms with van der Waals surface area (Å²) in [5, 5.41) is 8.92. The van der Waals surface area contributed by atoms with Gasteiger partial charge in [0.05, 0.1) is 0 Å². The second kappa shape index (κ2) is 7.15. The fourth-order valence-electron chi connectivity index (χ4n) is 0.563. The van der Waals surface area contributed by atoms with Crippen LogP contribution in [0.5, 0.6) is 5.75 Å².